The van der Waals surface area contributed by atoms with Gasteiger partial charge in [0, 0.05) is 39.3 Å². The smallest absolute Gasteiger partial charge is 0.0829 e. The Bertz CT molecular complexity index is 227. The van der Waals surface area contributed by atoms with Gasteiger partial charge in [-0.2, -0.15) is 0 Å². The fraction of sp³-hybridized carbons (Fsp3) is 1.00. The molecule has 0 bridgehead atoms. The molecule has 2 aliphatic rings. The number of nitrogens with zero attached hydrogens (tertiary/aromatic N) is 2. The van der Waals surface area contributed by atoms with Crippen molar-refractivity contribution in [1.82, 2.24) is 15.1 Å². The van der Waals surface area contributed by atoms with Gasteiger partial charge >= 0.3 is 0 Å². The zero-order chi connectivity index (χ0) is 12.8. The van der Waals surface area contributed by atoms with Crippen LogP contribution in [0.5, 0.6) is 0 Å². The zero-order valence-electron chi connectivity index (χ0n) is 12.0. The molecule has 0 saturated carbocycles. The lowest BCUT2D eigenvalue weighted by atomic mass is 10.1. The average molecular weight is 255 g/mol. The van der Waals surface area contributed by atoms with Gasteiger partial charge < -0.3 is 10.1 Å². The molecule has 0 radical (unpaired) electrons. The van der Waals surface area contributed by atoms with E-state index in [0.29, 0.717) is 6.10 Å². The van der Waals surface area contributed by atoms with E-state index in [1.807, 2.05) is 0 Å². The third kappa shape index (κ3) is 4.84. The monoisotopic (exact) mass is 255 g/mol. The van der Waals surface area contributed by atoms with Gasteiger partial charge in [-0.3, -0.25) is 9.80 Å². The maximum absolute atomic E-state index is 5.93. The first-order valence-corrected chi connectivity index (χ1v) is 7.51. The van der Waals surface area contributed by atoms with E-state index >= 15 is 0 Å². The van der Waals surface area contributed by atoms with Crippen molar-refractivity contribution in [3.63, 3.8) is 0 Å². The predicted molar refractivity (Wildman–Crippen MR) is 74.9 cm³/mol. The highest BCUT2D eigenvalue weighted by Crippen LogP contribution is 2.10. The summed E-state index contributed by atoms with van der Waals surface area (Å²) in [6.45, 7) is 14.7. The van der Waals surface area contributed by atoms with Gasteiger partial charge in [0.25, 0.3) is 0 Å². The van der Waals surface area contributed by atoms with Crippen molar-refractivity contribution in [2.75, 3.05) is 59.0 Å². The second-order valence-electron chi connectivity index (χ2n) is 6.05. The maximum atomic E-state index is 5.93. The van der Waals surface area contributed by atoms with Gasteiger partial charge in [0.1, 0.15) is 0 Å². The number of rotatable bonds is 4. The third-order valence-electron chi connectivity index (χ3n) is 3.74. The summed E-state index contributed by atoms with van der Waals surface area (Å²) in [5, 5.41) is 3.46. The standard InChI is InChI=1S/C14H29N3O/c1-13(2)10-17-8-9-18-14(12-17)11-16-6-3-4-15-5-7-16/h13-15H,3-12H2,1-2H3. The highest BCUT2D eigenvalue weighted by atomic mass is 16.5. The Morgan fingerprint density at radius 1 is 1.17 bits per heavy atom. The van der Waals surface area contributed by atoms with E-state index in [-0.39, 0.29) is 0 Å². The molecule has 1 N–H and O–H groups in total. The van der Waals surface area contributed by atoms with Gasteiger partial charge in [-0.15, -0.1) is 0 Å². The fourth-order valence-electron chi connectivity index (χ4n) is 2.95. The van der Waals surface area contributed by atoms with Gasteiger partial charge in [-0.1, -0.05) is 13.8 Å². The molecule has 2 fully saturated rings. The van der Waals surface area contributed by atoms with Crippen molar-refractivity contribution < 1.29 is 4.74 Å². The summed E-state index contributed by atoms with van der Waals surface area (Å²) in [5.74, 6) is 0.756. The quantitative estimate of drug-likeness (QED) is 0.798. The van der Waals surface area contributed by atoms with Crippen molar-refractivity contribution in [3.05, 3.63) is 0 Å². The van der Waals surface area contributed by atoms with E-state index in [1.54, 1.807) is 0 Å². The molecular formula is C14H29N3O. The molecule has 4 heteroatoms. The van der Waals surface area contributed by atoms with Gasteiger partial charge in [0.05, 0.1) is 12.7 Å². The van der Waals surface area contributed by atoms with Gasteiger partial charge in [-0.05, 0) is 25.4 Å². The highest BCUT2D eigenvalue weighted by Gasteiger charge is 2.23. The summed E-state index contributed by atoms with van der Waals surface area (Å²) < 4.78 is 5.93. The first kappa shape index (κ1) is 14.3. The molecule has 1 atom stereocenters. The minimum Gasteiger partial charge on any atom is -0.374 e. The van der Waals surface area contributed by atoms with Crippen molar-refractivity contribution in [2.45, 2.75) is 26.4 Å². The molecule has 4 nitrogen and oxygen atoms in total. The molecule has 0 aromatic rings. The van der Waals surface area contributed by atoms with Crippen LogP contribution in [0.15, 0.2) is 0 Å². The Balaban J connectivity index is 1.74. The van der Waals surface area contributed by atoms with Gasteiger partial charge in [0.15, 0.2) is 0 Å². The van der Waals surface area contributed by atoms with Crippen molar-refractivity contribution in [1.29, 1.82) is 0 Å². The lowest BCUT2D eigenvalue weighted by molar-refractivity contribution is -0.0453. The van der Waals surface area contributed by atoms with E-state index in [2.05, 4.69) is 29.0 Å². The van der Waals surface area contributed by atoms with E-state index < -0.39 is 0 Å². The molecule has 2 saturated heterocycles. The molecule has 2 rings (SSSR count). The Morgan fingerprint density at radius 2 is 2.06 bits per heavy atom. The molecule has 0 spiro atoms. The lowest BCUT2D eigenvalue weighted by Gasteiger charge is -2.36. The van der Waals surface area contributed by atoms with Crippen LogP contribution in [-0.2, 0) is 4.74 Å². The van der Waals surface area contributed by atoms with E-state index in [4.69, 9.17) is 4.74 Å². The number of hydrogen-bond acceptors (Lipinski definition) is 4. The largest absolute Gasteiger partial charge is 0.374 e. The second kappa shape index (κ2) is 7.43. The Hall–Kier alpha value is -0.160. The predicted octanol–water partition coefficient (Wildman–Crippen LogP) is 0.639. The Kier molecular flexibility index (Phi) is 5.89. The van der Waals surface area contributed by atoms with Crippen LogP contribution in [0.4, 0.5) is 0 Å². The minimum atomic E-state index is 0.413. The summed E-state index contributed by atoms with van der Waals surface area (Å²) >= 11 is 0. The van der Waals surface area contributed by atoms with Crippen LogP contribution in [0, 0.1) is 5.92 Å². The van der Waals surface area contributed by atoms with E-state index in [0.717, 1.165) is 38.7 Å². The average Bonchev–Trinajstić information content (AvgIpc) is 2.57. The molecule has 1 unspecified atom stereocenters. The van der Waals surface area contributed by atoms with E-state index in [1.165, 1.54) is 32.6 Å². The fourth-order valence-corrected chi connectivity index (χ4v) is 2.95. The van der Waals surface area contributed by atoms with Crippen molar-refractivity contribution in [2.24, 2.45) is 5.92 Å². The van der Waals surface area contributed by atoms with Crippen LogP contribution >= 0.6 is 0 Å². The van der Waals surface area contributed by atoms with Crippen LogP contribution in [0.25, 0.3) is 0 Å². The molecule has 0 aromatic carbocycles. The second-order valence-corrected chi connectivity index (χ2v) is 6.05. The molecular weight excluding hydrogens is 226 g/mol. The van der Waals surface area contributed by atoms with E-state index in [9.17, 15) is 0 Å². The number of nitrogens with one attached hydrogen (secondary N) is 1. The normalized spacial score (nSPS) is 28.5. The van der Waals surface area contributed by atoms with Crippen LogP contribution in [0.1, 0.15) is 20.3 Å². The molecule has 2 aliphatic heterocycles. The number of ether oxygens (including phenoxy) is 1. The minimum absolute atomic E-state index is 0.413. The number of morpholine rings is 1. The SMILES string of the molecule is CC(C)CN1CCOC(CN2CCCNCC2)C1. The summed E-state index contributed by atoms with van der Waals surface area (Å²) in [5.41, 5.74) is 0. The van der Waals surface area contributed by atoms with Crippen molar-refractivity contribution in [3.8, 4) is 0 Å². The van der Waals surface area contributed by atoms with Gasteiger partial charge in [-0.25, -0.2) is 0 Å². The molecule has 18 heavy (non-hydrogen) atoms. The Labute approximate surface area is 112 Å². The van der Waals surface area contributed by atoms with Crippen LogP contribution in [-0.4, -0.2) is 74.9 Å². The maximum Gasteiger partial charge on any atom is 0.0829 e. The summed E-state index contributed by atoms with van der Waals surface area (Å²) in [4.78, 5) is 5.12. The highest BCUT2D eigenvalue weighted by molar-refractivity contribution is 4.77. The number of hydrogen-bond donors (Lipinski definition) is 1. The topological polar surface area (TPSA) is 27.7 Å². The van der Waals surface area contributed by atoms with Crippen LogP contribution < -0.4 is 5.32 Å². The summed E-state index contributed by atoms with van der Waals surface area (Å²) in [6, 6.07) is 0. The lowest BCUT2D eigenvalue weighted by Crippen LogP contribution is -2.48. The first-order valence-electron chi connectivity index (χ1n) is 7.51. The molecule has 106 valence electrons. The Morgan fingerprint density at radius 3 is 2.89 bits per heavy atom. The van der Waals surface area contributed by atoms with Crippen molar-refractivity contribution >= 4 is 0 Å². The molecule has 0 amide bonds. The molecule has 0 aromatic heterocycles. The zero-order valence-corrected chi connectivity index (χ0v) is 12.0. The van der Waals surface area contributed by atoms with Gasteiger partial charge in [0.2, 0.25) is 0 Å². The third-order valence-corrected chi connectivity index (χ3v) is 3.74. The van der Waals surface area contributed by atoms with Crippen LogP contribution in [0.2, 0.25) is 0 Å². The molecule has 2 heterocycles. The van der Waals surface area contributed by atoms with Crippen LogP contribution in [0.3, 0.4) is 0 Å². The first-order chi connectivity index (χ1) is 8.74. The summed E-state index contributed by atoms with van der Waals surface area (Å²) in [7, 11) is 0. The molecule has 0 aliphatic carbocycles. The summed E-state index contributed by atoms with van der Waals surface area (Å²) in [6.07, 6.45) is 1.68.